The molecule has 340 valence electrons. The van der Waals surface area contributed by atoms with Gasteiger partial charge in [0, 0.05) is 52.0 Å². The number of esters is 2. The number of carbonyl (C=O) groups excluding carboxylic acids is 2. The van der Waals surface area contributed by atoms with Crippen molar-refractivity contribution in [2.45, 2.75) is 198 Å². The van der Waals surface area contributed by atoms with Crippen molar-refractivity contribution in [3.05, 3.63) is 0 Å². The van der Waals surface area contributed by atoms with Gasteiger partial charge >= 0.3 is 11.9 Å². The molecule has 0 aromatic heterocycles. The molecule has 16 heteroatoms. The molecule has 0 radical (unpaired) electrons. The molecule has 5 N–H and O–H groups in total. The third-order valence-electron chi connectivity index (χ3n) is 13.5. The summed E-state index contributed by atoms with van der Waals surface area (Å²) in [5.41, 5.74) is -6.27. The predicted octanol–water partition coefficient (Wildman–Crippen LogP) is 2.55. The smallest absolute Gasteiger partial charge is 0.311 e. The summed E-state index contributed by atoms with van der Waals surface area (Å²) in [5.74, 6) is -4.94. The van der Waals surface area contributed by atoms with E-state index in [1.54, 1.807) is 41.5 Å². The first-order valence-electron chi connectivity index (χ1n) is 20.9. The van der Waals surface area contributed by atoms with Crippen molar-refractivity contribution >= 4 is 11.9 Å². The summed E-state index contributed by atoms with van der Waals surface area (Å²) in [6.45, 7) is 17.9. The van der Waals surface area contributed by atoms with Crippen LogP contribution in [0.4, 0.5) is 0 Å². The van der Waals surface area contributed by atoms with Gasteiger partial charge in [-0.2, -0.15) is 0 Å². The Balaban J connectivity index is 2.28. The predicted molar refractivity (Wildman–Crippen MR) is 212 cm³/mol. The van der Waals surface area contributed by atoms with Crippen molar-refractivity contribution in [1.82, 2.24) is 4.90 Å². The van der Waals surface area contributed by atoms with Crippen LogP contribution in [0.15, 0.2) is 0 Å². The van der Waals surface area contributed by atoms with E-state index in [1.807, 2.05) is 32.8 Å². The summed E-state index contributed by atoms with van der Waals surface area (Å²) in [4.78, 5) is 28.5. The fourth-order valence-corrected chi connectivity index (χ4v) is 10.0. The van der Waals surface area contributed by atoms with E-state index in [-0.39, 0.29) is 37.8 Å². The van der Waals surface area contributed by atoms with Crippen LogP contribution in [0, 0.1) is 23.7 Å². The first kappa shape index (κ1) is 50.8. The maximum absolute atomic E-state index is 14.5. The zero-order chi connectivity index (χ0) is 44.3. The third-order valence-corrected chi connectivity index (χ3v) is 13.5. The second-order valence-electron chi connectivity index (χ2n) is 18.4. The van der Waals surface area contributed by atoms with Gasteiger partial charge in [0.15, 0.2) is 18.7 Å². The van der Waals surface area contributed by atoms with Gasteiger partial charge in [-0.25, -0.2) is 0 Å². The minimum atomic E-state index is -1.99. The van der Waals surface area contributed by atoms with Gasteiger partial charge in [0.25, 0.3) is 0 Å². The van der Waals surface area contributed by atoms with E-state index in [0.717, 1.165) is 0 Å². The van der Waals surface area contributed by atoms with Crippen molar-refractivity contribution in [2.75, 3.05) is 34.9 Å². The van der Waals surface area contributed by atoms with Crippen LogP contribution < -0.4 is 0 Å². The fraction of sp³-hybridized carbons (Fsp3) is 0.952. The van der Waals surface area contributed by atoms with E-state index < -0.39 is 120 Å². The van der Waals surface area contributed by atoms with E-state index >= 15 is 0 Å². The van der Waals surface area contributed by atoms with E-state index in [1.165, 1.54) is 35.0 Å². The van der Waals surface area contributed by atoms with Gasteiger partial charge in [-0.15, -0.1) is 0 Å². The van der Waals surface area contributed by atoms with Crippen LogP contribution in [-0.4, -0.2) is 167 Å². The molecule has 0 bridgehead atoms. The van der Waals surface area contributed by atoms with Crippen LogP contribution in [0.2, 0.25) is 0 Å². The lowest BCUT2D eigenvalue weighted by atomic mass is 9.66. The summed E-state index contributed by atoms with van der Waals surface area (Å²) < 4.78 is 50.4. The van der Waals surface area contributed by atoms with Crippen molar-refractivity contribution in [3.63, 3.8) is 0 Å². The Morgan fingerprint density at radius 2 is 1.48 bits per heavy atom. The average Bonchev–Trinajstić information content (AvgIpc) is 3.14. The molecule has 3 aliphatic heterocycles. The van der Waals surface area contributed by atoms with Crippen LogP contribution in [0.25, 0.3) is 0 Å². The van der Waals surface area contributed by atoms with Gasteiger partial charge in [-0.1, -0.05) is 20.8 Å². The number of ether oxygens (including phenoxy) is 8. The summed E-state index contributed by atoms with van der Waals surface area (Å²) in [5, 5.41) is 58.2. The first-order valence-corrected chi connectivity index (χ1v) is 20.9. The molecule has 0 saturated carbocycles. The van der Waals surface area contributed by atoms with Crippen molar-refractivity contribution < 1.29 is 73.0 Å². The standard InChI is InChI=1S/C42H77NO15/c1-16-30-41(10,49)29(17-18-44)42(11,50)34(47)22(2)20-39(8,51-14)35(58-38-32(46)28(43(12)13)19-23(3)53-38)24(4)33(25(5)37(48)56-30)57-31-21-40(9,52-15)36(26(6)54-31)55-27(7)45/h22-26,28-36,38,44,46-47,49-50H,16-21H2,1-15H3/t22-,23-,24+,25-,26+,28+,29+,30-,31?,32-,33+,34?,35-,36+,38+,39-,40-,41+,42?/m1/s1. The molecule has 58 heavy (non-hydrogen) atoms. The molecule has 0 aromatic carbocycles. The molecule has 16 nitrogen and oxygen atoms in total. The summed E-state index contributed by atoms with van der Waals surface area (Å²) >= 11 is 0. The van der Waals surface area contributed by atoms with Crippen LogP contribution in [0.1, 0.15) is 108 Å². The Hall–Kier alpha value is -1.54. The topological polar surface area (TPSA) is 212 Å². The van der Waals surface area contributed by atoms with Gasteiger partial charge in [0.2, 0.25) is 0 Å². The van der Waals surface area contributed by atoms with E-state index in [2.05, 4.69) is 0 Å². The van der Waals surface area contributed by atoms with Crippen molar-refractivity contribution in [1.29, 1.82) is 0 Å². The fourth-order valence-electron chi connectivity index (χ4n) is 10.0. The molecule has 0 spiro atoms. The van der Waals surface area contributed by atoms with Crippen LogP contribution >= 0.6 is 0 Å². The minimum Gasteiger partial charge on any atom is -0.459 e. The highest BCUT2D eigenvalue weighted by Crippen LogP contribution is 2.45. The highest BCUT2D eigenvalue weighted by molar-refractivity contribution is 5.73. The third kappa shape index (κ3) is 10.9. The number of hydrogen-bond donors (Lipinski definition) is 5. The zero-order valence-electron chi connectivity index (χ0n) is 37.7. The second kappa shape index (κ2) is 20.1. The number of nitrogens with zero attached hydrogens (tertiary/aromatic N) is 1. The quantitative estimate of drug-likeness (QED) is 0.189. The Bertz CT molecular complexity index is 1330. The number of likely N-dealkylation sites (N-methyl/N-ethyl adjacent to an activating group) is 1. The zero-order valence-corrected chi connectivity index (χ0v) is 37.7. The highest BCUT2D eigenvalue weighted by Gasteiger charge is 2.57. The van der Waals surface area contributed by atoms with Gasteiger partial charge in [0.1, 0.15) is 23.4 Å². The van der Waals surface area contributed by atoms with E-state index in [4.69, 9.17) is 37.9 Å². The number of carbonyl (C=O) groups is 2. The lowest BCUT2D eigenvalue weighted by Gasteiger charge is -2.52. The minimum absolute atomic E-state index is 0.0742. The molecule has 0 aromatic rings. The molecule has 0 aliphatic carbocycles. The normalized spacial score (nSPS) is 47.6. The number of methoxy groups -OCH3 is 2. The number of rotatable bonds is 11. The van der Waals surface area contributed by atoms with Crippen molar-refractivity contribution in [2.24, 2.45) is 23.7 Å². The van der Waals surface area contributed by atoms with Crippen LogP contribution in [0.5, 0.6) is 0 Å². The van der Waals surface area contributed by atoms with Gasteiger partial charge in [0.05, 0.1) is 47.6 Å². The maximum atomic E-state index is 14.5. The van der Waals surface area contributed by atoms with Gasteiger partial charge in [-0.3, -0.25) is 9.59 Å². The van der Waals surface area contributed by atoms with Crippen LogP contribution in [0.3, 0.4) is 0 Å². The number of aliphatic hydroxyl groups is 5. The summed E-state index contributed by atoms with van der Waals surface area (Å²) in [7, 11) is 6.74. The molecular formula is C42H77NO15. The van der Waals surface area contributed by atoms with Gasteiger partial charge < -0.3 is 68.3 Å². The first-order chi connectivity index (χ1) is 26.8. The van der Waals surface area contributed by atoms with E-state index in [0.29, 0.717) is 6.42 Å². The second-order valence-corrected chi connectivity index (χ2v) is 18.4. The maximum Gasteiger partial charge on any atom is 0.311 e. The Morgan fingerprint density at radius 3 is 2.00 bits per heavy atom. The summed E-state index contributed by atoms with van der Waals surface area (Å²) in [6, 6.07) is -0.315. The van der Waals surface area contributed by atoms with Crippen molar-refractivity contribution in [3.8, 4) is 0 Å². The average molecular weight is 836 g/mol. The lowest BCUT2D eigenvalue weighted by molar-refractivity contribution is -0.321. The number of cyclic esters (lactones) is 1. The molecule has 3 fully saturated rings. The molecule has 3 aliphatic rings. The Morgan fingerprint density at radius 1 is 0.897 bits per heavy atom. The SMILES string of the molecule is CC[C@H]1OC(=O)[C@H](C)[C@@H](OC2C[C@@](C)(OC)[C@@H](OC(C)=O)[C@H](C)O2)[C@H](C)[C@@H](O[C@@H]2O[C@H](C)C[C@H](N(C)C)[C@H]2O)[C@](C)(OC)C[C@@H](C)C(O)C(C)(O)[C@@H](CCO)[C@]1(C)O. The molecule has 3 heterocycles. The highest BCUT2D eigenvalue weighted by atomic mass is 16.7. The monoisotopic (exact) mass is 836 g/mol. The molecular weight excluding hydrogens is 758 g/mol. The molecule has 3 unspecified atom stereocenters. The largest absolute Gasteiger partial charge is 0.459 e. The molecule has 3 rings (SSSR count). The number of hydrogen-bond acceptors (Lipinski definition) is 16. The summed E-state index contributed by atoms with van der Waals surface area (Å²) in [6.07, 6.45) is -8.97. The van der Waals surface area contributed by atoms with Gasteiger partial charge in [-0.05, 0) is 94.2 Å². The molecule has 0 amide bonds. The number of aliphatic hydroxyl groups excluding tert-OH is 3. The molecule has 19 atom stereocenters. The van der Waals surface area contributed by atoms with E-state index in [9.17, 15) is 35.1 Å². The Kier molecular flexibility index (Phi) is 17.6. The Labute approximate surface area is 346 Å². The molecule has 3 saturated heterocycles. The lowest BCUT2D eigenvalue weighted by Crippen LogP contribution is -2.63. The van der Waals surface area contributed by atoms with Crippen LogP contribution in [-0.2, 0) is 47.5 Å².